The number of carbonyl (C=O) groups excluding carboxylic acids is 7. The van der Waals surface area contributed by atoms with E-state index in [0.29, 0.717) is 35.6 Å². The van der Waals surface area contributed by atoms with Crippen molar-refractivity contribution in [3.63, 3.8) is 0 Å². The third kappa shape index (κ3) is 12.4. The molecule has 2 aliphatic heterocycles. The zero-order chi connectivity index (χ0) is 45.2. The molecule has 7 amide bonds. The van der Waals surface area contributed by atoms with Crippen LogP contribution in [0.15, 0.2) is 73.8 Å². The molecule has 2 heterocycles. The average Bonchev–Trinajstić information content (AvgIpc) is 3.31. The fourth-order valence-corrected chi connectivity index (χ4v) is 7.47. The SMILES string of the molecule is C.C.C=CC[C@H](C(=O)O)[C@@H](CC(C)C)C(=O)NC1C(=O)N(C)c2ccccc2N(C)C1=O.C=CC[C@H](C(N)=O)[C@@H](CC(C)C)C(=O)NC1C(=O)N(C)c2ccccc2N(C)C1=O. The molecule has 0 aromatic heterocycles. The number of para-hydroxylation sites is 4. The topological polar surface area (TPSA) is 220 Å². The number of primary amides is 1. The van der Waals surface area contributed by atoms with Crippen LogP contribution >= 0.6 is 0 Å². The molecule has 4 rings (SSSR count). The molecular formula is C46H67N7O9. The van der Waals surface area contributed by atoms with Crippen LogP contribution in [-0.2, 0) is 38.4 Å². The fourth-order valence-electron chi connectivity index (χ4n) is 7.47. The van der Waals surface area contributed by atoms with Crippen molar-refractivity contribution in [2.45, 2.75) is 80.3 Å². The summed E-state index contributed by atoms with van der Waals surface area (Å²) in [4.78, 5) is 107. The molecular weight excluding hydrogens is 795 g/mol. The number of likely N-dealkylation sites (N-methyl/N-ethyl adjacent to an activating group) is 4. The summed E-state index contributed by atoms with van der Waals surface area (Å²) in [7, 11) is 6.19. The van der Waals surface area contributed by atoms with Crippen LogP contribution < -0.4 is 36.0 Å². The first-order valence-corrected chi connectivity index (χ1v) is 19.8. The number of fused-ring (bicyclic) bond motifs is 2. The summed E-state index contributed by atoms with van der Waals surface area (Å²) in [6.07, 6.45) is 4.03. The highest BCUT2D eigenvalue weighted by molar-refractivity contribution is 6.22. The average molecular weight is 862 g/mol. The summed E-state index contributed by atoms with van der Waals surface area (Å²) < 4.78 is 0. The second-order valence-corrected chi connectivity index (χ2v) is 15.9. The third-order valence-corrected chi connectivity index (χ3v) is 10.7. The number of carboxylic acids is 1. The smallest absolute Gasteiger partial charge is 0.307 e. The summed E-state index contributed by atoms with van der Waals surface area (Å²) in [5.74, 6) is -8.46. The quantitative estimate of drug-likeness (QED) is 0.135. The minimum absolute atomic E-state index is 0. The van der Waals surface area contributed by atoms with Gasteiger partial charge in [0.1, 0.15) is 0 Å². The number of amides is 7. The predicted molar refractivity (Wildman–Crippen MR) is 243 cm³/mol. The zero-order valence-corrected chi connectivity index (χ0v) is 35.7. The molecule has 2 aliphatic rings. The Kier molecular flexibility index (Phi) is 20.5. The van der Waals surface area contributed by atoms with E-state index in [1.807, 2.05) is 27.7 Å². The van der Waals surface area contributed by atoms with Crippen LogP contribution in [0.2, 0.25) is 0 Å². The predicted octanol–water partition coefficient (Wildman–Crippen LogP) is 4.77. The Morgan fingerprint density at radius 1 is 0.597 bits per heavy atom. The first-order valence-electron chi connectivity index (χ1n) is 19.8. The van der Waals surface area contributed by atoms with Gasteiger partial charge in [0.15, 0.2) is 12.1 Å². The van der Waals surface area contributed by atoms with Crippen LogP contribution in [0.4, 0.5) is 22.7 Å². The van der Waals surface area contributed by atoms with Gasteiger partial charge in [0.2, 0.25) is 17.7 Å². The van der Waals surface area contributed by atoms with Crippen LogP contribution in [0.5, 0.6) is 0 Å². The number of carboxylic acid groups (broad SMARTS) is 1. The van der Waals surface area contributed by atoms with Crippen molar-refractivity contribution >= 4 is 70.1 Å². The number of hydrogen-bond acceptors (Lipinski definition) is 8. The summed E-state index contributed by atoms with van der Waals surface area (Å²) in [5, 5.41) is 14.7. The number of nitrogens with zero attached hydrogens (tertiary/aromatic N) is 4. The molecule has 5 N–H and O–H groups in total. The normalized spacial score (nSPS) is 16.2. The van der Waals surface area contributed by atoms with Crippen molar-refractivity contribution < 1.29 is 43.5 Å². The van der Waals surface area contributed by atoms with E-state index in [2.05, 4.69) is 23.8 Å². The number of hydrogen-bond donors (Lipinski definition) is 4. The molecule has 0 fully saturated rings. The maximum Gasteiger partial charge on any atom is 0.307 e. The molecule has 0 saturated heterocycles. The van der Waals surface area contributed by atoms with Gasteiger partial charge in [-0.3, -0.25) is 38.4 Å². The lowest BCUT2D eigenvalue weighted by Crippen LogP contribution is -2.56. The highest BCUT2D eigenvalue weighted by Crippen LogP contribution is 2.34. The highest BCUT2D eigenvalue weighted by atomic mass is 16.4. The standard InChI is InChI=1S/C22H30N4O4.C22H29N3O5.2CH4/c1-6-9-14(19(23)27)15(12-13(2)3)20(28)24-18-21(29)25(4)16-10-7-8-11-17(16)26(5)22(18)30;1-6-9-14(22(29)30)15(12-13(2)3)19(26)23-18-20(27)24(4)16-10-7-8-11-17(16)25(5)21(18)28;;/h6-8,10-11,13-15,18H,1,9,12H2,2-5H3,(H2,23,27)(H,24,28);6-8,10-11,13-15,18H,1,9,12H2,2-5H3,(H,23,26)(H,29,30);2*1H4/t2*14-,15+;;/m00../s1. The van der Waals surface area contributed by atoms with Gasteiger partial charge < -0.3 is 41.1 Å². The second kappa shape index (κ2) is 23.6. The van der Waals surface area contributed by atoms with E-state index in [9.17, 15) is 43.5 Å². The Balaban J connectivity index is 0.000000601. The van der Waals surface area contributed by atoms with E-state index in [-0.39, 0.29) is 39.5 Å². The molecule has 2 aromatic rings. The summed E-state index contributed by atoms with van der Waals surface area (Å²) >= 11 is 0. The molecule has 0 radical (unpaired) electrons. The fraction of sp³-hybridized carbons (Fsp3) is 0.478. The minimum atomic E-state index is -1.44. The van der Waals surface area contributed by atoms with E-state index >= 15 is 0 Å². The van der Waals surface area contributed by atoms with Crippen LogP contribution in [-0.4, -0.2) is 92.7 Å². The maximum atomic E-state index is 13.2. The van der Waals surface area contributed by atoms with Crippen molar-refractivity contribution in [3.05, 3.63) is 73.8 Å². The molecule has 0 saturated carbocycles. The van der Waals surface area contributed by atoms with E-state index in [4.69, 9.17) is 5.73 Å². The molecule has 2 aromatic carbocycles. The first-order chi connectivity index (χ1) is 28.2. The van der Waals surface area contributed by atoms with E-state index in [1.54, 1.807) is 62.6 Å². The van der Waals surface area contributed by atoms with Gasteiger partial charge in [0.05, 0.1) is 46.4 Å². The summed E-state index contributed by atoms with van der Waals surface area (Å²) in [5.41, 5.74) is 7.76. The van der Waals surface area contributed by atoms with Gasteiger partial charge in [-0.2, -0.15) is 0 Å². The Bertz CT molecular complexity index is 1760. The van der Waals surface area contributed by atoms with E-state index < -0.39 is 83.1 Å². The number of allylic oxidation sites excluding steroid dienone is 2. The second-order valence-electron chi connectivity index (χ2n) is 15.9. The maximum absolute atomic E-state index is 13.2. The Hall–Kier alpha value is -6.32. The van der Waals surface area contributed by atoms with Gasteiger partial charge in [-0.25, -0.2) is 0 Å². The molecule has 0 spiro atoms. The lowest BCUT2D eigenvalue weighted by Gasteiger charge is -2.27. The van der Waals surface area contributed by atoms with Crippen molar-refractivity contribution in [3.8, 4) is 0 Å². The van der Waals surface area contributed by atoms with Crippen LogP contribution in [0.25, 0.3) is 0 Å². The summed E-state index contributed by atoms with van der Waals surface area (Å²) in [6.45, 7) is 14.8. The van der Waals surface area contributed by atoms with Crippen LogP contribution in [0.1, 0.15) is 68.2 Å². The number of nitrogens with two attached hydrogens (primary N) is 1. The van der Waals surface area contributed by atoms with Gasteiger partial charge in [-0.05, 0) is 61.8 Å². The molecule has 0 unspecified atom stereocenters. The number of benzene rings is 2. The van der Waals surface area contributed by atoms with Gasteiger partial charge in [-0.15, -0.1) is 13.2 Å². The zero-order valence-electron chi connectivity index (χ0n) is 35.7. The lowest BCUT2D eigenvalue weighted by atomic mass is 9.82. The third-order valence-electron chi connectivity index (χ3n) is 10.7. The molecule has 4 atom stereocenters. The molecule has 0 bridgehead atoms. The van der Waals surface area contributed by atoms with Crippen molar-refractivity contribution in [1.82, 2.24) is 10.6 Å². The van der Waals surface area contributed by atoms with Crippen molar-refractivity contribution in [1.29, 1.82) is 0 Å². The Morgan fingerprint density at radius 3 is 1.11 bits per heavy atom. The molecule has 0 aliphatic carbocycles. The number of anilines is 4. The molecule has 16 heteroatoms. The highest BCUT2D eigenvalue weighted by Gasteiger charge is 2.43. The van der Waals surface area contributed by atoms with E-state index in [1.165, 1.54) is 45.8 Å². The number of carbonyl (C=O) groups is 8. The Morgan fingerprint density at radius 2 is 0.871 bits per heavy atom. The molecule has 16 nitrogen and oxygen atoms in total. The Labute approximate surface area is 366 Å². The van der Waals surface area contributed by atoms with E-state index in [0.717, 1.165) is 0 Å². The monoisotopic (exact) mass is 862 g/mol. The van der Waals surface area contributed by atoms with Gasteiger partial charge >= 0.3 is 5.97 Å². The number of nitrogens with one attached hydrogen (secondary N) is 2. The number of aliphatic carboxylic acids is 1. The first kappa shape index (κ1) is 53.7. The van der Waals surface area contributed by atoms with Crippen molar-refractivity contribution in [2.24, 2.45) is 41.2 Å². The molecule has 62 heavy (non-hydrogen) atoms. The van der Waals surface area contributed by atoms with Crippen LogP contribution in [0, 0.1) is 35.5 Å². The minimum Gasteiger partial charge on any atom is -0.481 e. The lowest BCUT2D eigenvalue weighted by molar-refractivity contribution is -0.148. The summed E-state index contributed by atoms with van der Waals surface area (Å²) in [6, 6.07) is 11.1. The van der Waals surface area contributed by atoms with Crippen LogP contribution in [0.3, 0.4) is 0 Å². The van der Waals surface area contributed by atoms with Gasteiger partial charge in [0.25, 0.3) is 23.6 Å². The number of rotatable bonds is 16. The largest absolute Gasteiger partial charge is 0.481 e. The van der Waals surface area contributed by atoms with Gasteiger partial charge in [-0.1, -0.05) is 79.0 Å². The molecule has 340 valence electrons. The van der Waals surface area contributed by atoms with Crippen molar-refractivity contribution in [2.75, 3.05) is 47.8 Å². The van der Waals surface area contributed by atoms with Gasteiger partial charge in [0, 0.05) is 28.2 Å².